The molecule has 1 aliphatic rings. The van der Waals surface area contributed by atoms with Crippen LogP contribution in [-0.4, -0.2) is 36.7 Å². The van der Waals surface area contributed by atoms with E-state index in [-0.39, 0.29) is 48.6 Å². The van der Waals surface area contributed by atoms with Gasteiger partial charge in [0, 0.05) is 13.8 Å². The van der Waals surface area contributed by atoms with Gasteiger partial charge in [0.25, 0.3) is 0 Å². The lowest BCUT2D eigenvalue weighted by Crippen LogP contribution is -2.57. The van der Waals surface area contributed by atoms with E-state index in [4.69, 9.17) is 9.47 Å². The molecule has 0 aromatic carbocycles. The number of nitrogens with one attached hydrogen (secondary N) is 1. The molecule has 1 fully saturated rings. The monoisotopic (exact) mass is 299 g/mol. The van der Waals surface area contributed by atoms with Crippen LogP contribution in [0, 0.1) is 17.8 Å². The van der Waals surface area contributed by atoms with Gasteiger partial charge in [-0.15, -0.1) is 0 Å². The Hall–Kier alpha value is -1.10. The van der Waals surface area contributed by atoms with Gasteiger partial charge >= 0.3 is 5.97 Å². The van der Waals surface area contributed by atoms with Gasteiger partial charge in [0.05, 0.1) is 18.2 Å². The normalized spacial score (nSPS) is 32.8. The molecule has 1 saturated heterocycles. The minimum Gasteiger partial charge on any atom is -0.463 e. The second-order valence-electron chi connectivity index (χ2n) is 6.59. The van der Waals surface area contributed by atoms with Gasteiger partial charge in [0.2, 0.25) is 5.91 Å². The van der Waals surface area contributed by atoms with Crippen molar-refractivity contribution in [1.29, 1.82) is 0 Å². The fourth-order valence-corrected chi connectivity index (χ4v) is 2.95. The topological polar surface area (TPSA) is 64.6 Å². The van der Waals surface area contributed by atoms with Gasteiger partial charge in [-0.1, -0.05) is 27.7 Å². The third-order valence-electron chi connectivity index (χ3n) is 4.26. The molecule has 1 amide bonds. The number of hydrogen-bond donors (Lipinski definition) is 1. The smallest absolute Gasteiger partial charge is 0.302 e. The van der Waals surface area contributed by atoms with E-state index in [2.05, 4.69) is 33.0 Å². The number of rotatable bonds is 5. The van der Waals surface area contributed by atoms with E-state index in [1.807, 2.05) is 0 Å². The van der Waals surface area contributed by atoms with Gasteiger partial charge in [0.15, 0.2) is 0 Å². The standard InChI is InChI=1S/C16H29NO4/c1-9(2)7-14-16(17-12(5)18)11(4)10(3)15(21-14)8-20-13(6)19/h9-11,14-16H,7-8H2,1-6H3,(H,17,18)/t10-,11+,14+,15?,16?/m1/s1. The van der Waals surface area contributed by atoms with E-state index in [0.717, 1.165) is 6.42 Å². The van der Waals surface area contributed by atoms with Gasteiger partial charge in [-0.05, 0) is 24.2 Å². The fourth-order valence-electron chi connectivity index (χ4n) is 2.95. The Morgan fingerprint density at radius 2 is 1.76 bits per heavy atom. The van der Waals surface area contributed by atoms with E-state index in [9.17, 15) is 9.59 Å². The molecule has 122 valence electrons. The number of hydrogen-bond acceptors (Lipinski definition) is 4. The summed E-state index contributed by atoms with van der Waals surface area (Å²) in [6.45, 7) is 11.7. The second kappa shape index (κ2) is 7.78. The Labute approximate surface area is 127 Å². The van der Waals surface area contributed by atoms with Crippen LogP contribution < -0.4 is 5.32 Å². The lowest BCUT2D eigenvalue weighted by Gasteiger charge is -2.45. The van der Waals surface area contributed by atoms with E-state index in [1.165, 1.54) is 13.8 Å². The fraction of sp³-hybridized carbons (Fsp3) is 0.875. The van der Waals surface area contributed by atoms with Crippen LogP contribution in [0.15, 0.2) is 0 Å². The largest absolute Gasteiger partial charge is 0.463 e. The first-order valence-electron chi connectivity index (χ1n) is 7.78. The molecule has 1 aliphatic heterocycles. The van der Waals surface area contributed by atoms with Crippen molar-refractivity contribution >= 4 is 11.9 Å². The molecule has 0 saturated carbocycles. The summed E-state index contributed by atoms with van der Waals surface area (Å²) < 4.78 is 11.3. The van der Waals surface area contributed by atoms with Gasteiger partial charge < -0.3 is 14.8 Å². The first kappa shape index (κ1) is 18.0. The van der Waals surface area contributed by atoms with Crippen LogP contribution in [0.5, 0.6) is 0 Å². The number of esters is 1. The summed E-state index contributed by atoms with van der Waals surface area (Å²) in [5.74, 6) is 0.635. The van der Waals surface area contributed by atoms with Gasteiger partial charge in [-0.25, -0.2) is 0 Å². The Morgan fingerprint density at radius 3 is 2.24 bits per heavy atom. The zero-order valence-electron chi connectivity index (χ0n) is 14.0. The molecule has 1 rings (SSSR count). The molecule has 5 heteroatoms. The van der Waals surface area contributed by atoms with Crippen molar-refractivity contribution in [3.8, 4) is 0 Å². The molecule has 0 spiro atoms. The molecule has 0 radical (unpaired) electrons. The molecule has 5 atom stereocenters. The van der Waals surface area contributed by atoms with Crippen LogP contribution in [0.2, 0.25) is 0 Å². The van der Waals surface area contributed by atoms with Crippen LogP contribution in [-0.2, 0) is 19.1 Å². The summed E-state index contributed by atoms with van der Waals surface area (Å²) in [5.41, 5.74) is 0. The highest BCUT2D eigenvalue weighted by molar-refractivity contribution is 5.73. The Morgan fingerprint density at radius 1 is 1.14 bits per heavy atom. The maximum atomic E-state index is 11.5. The van der Waals surface area contributed by atoms with E-state index < -0.39 is 0 Å². The first-order valence-corrected chi connectivity index (χ1v) is 7.78. The predicted octanol–water partition coefficient (Wildman–Crippen LogP) is 2.14. The van der Waals surface area contributed by atoms with Gasteiger partial charge in [-0.2, -0.15) is 0 Å². The van der Waals surface area contributed by atoms with Gasteiger partial charge in [-0.3, -0.25) is 9.59 Å². The zero-order valence-corrected chi connectivity index (χ0v) is 14.0. The van der Waals surface area contributed by atoms with Crippen LogP contribution in [0.3, 0.4) is 0 Å². The maximum Gasteiger partial charge on any atom is 0.302 e. The maximum absolute atomic E-state index is 11.5. The summed E-state index contributed by atoms with van der Waals surface area (Å²) in [5, 5.41) is 3.03. The Bertz CT molecular complexity index is 367. The van der Waals surface area contributed by atoms with Crippen LogP contribution in [0.1, 0.15) is 48.0 Å². The summed E-state index contributed by atoms with van der Waals surface area (Å²) in [6.07, 6.45) is 0.719. The summed E-state index contributed by atoms with van der Waals surface area (Å²) in [7, 11) is 0. The average molecular weight is 299 g/mol. The summed E-state index contributed by atoms with van der Waals surface area (Å²) >= 11 is 0. The molecule has 0 aromatic rings. The third kappa shape index (κ3) is 5.30. The SMILES string of the molecule is CC(=O)NC1[C@H](CC(C)C)OC(COC(C)=O)[C@H](C)[C@@H]1C. The quantitative estimate of drug-likeness (QED) is 0.790. The summed E-state index contributed by atoms with van der Waals surface area (Å²) in [4.78, 5) is 22.5. The molecular formula is C16H29NO4. The molecule has 0 aromatic heterocycles. The highest BCUT2D eigenvalue weighted by Gasteiger charge is 2.42. The molecule has 0 bridgehead atoms. The number of amides is 1. The first-order chi connectivity index (χ1) is 9.72. The van der Waals surface area contributed by atoms with Crippen molar-refractivity contribution in [2.45, 2.75) is 66.2 Å². The number of carbonyl (C=O) groups excluding carboxylic acids is 2. The molecule has 21 heavy (non-hydrogen) atoms. The molecular weight excluding hydrogens is 270 g/mol. The van der Waals surface area contributed by atoms with E-state index in [1.54, 1.807) is 0 Å². The van der Waals surface area contributed by atoms with E-state index >= 15 is 0 Å². The van der Waals surface area contributed by atoms with E-state index in [0.29, 0.717) is 5.92 Å². The average Bonchev–Trinajstić information content (AvgIpc) is 2.35. The Kier molecular flexibility index (Phi) is 6.65. The molecule has 5 nitrogen and oxygen atoms in total. The van der Waals surface area contributed by atoms with Crippen LogP contribution in [0.4, 0.5) is 0 Å². The minimum absolute atomic E-state index is 0.00785. The summed E-state index contributed by atoms with van der Waals surface area (Å²) in [6, 6.07) is 0.00785. The van der Waals surface area contributed by atoms with Crippen molar-refractivity contribution < 1.29 is 19.1 Å². The molecule has 0 aliphatic carbocycles. The van der Waals surface area contributed by atoms with Crippen molar-refractivity contribution in [2.75, 3.05) is 6.61 Å². The number of carbonyl (C=O) groups is 2. The lowest BCUT2D eigenvalue weighted by atomic mass is 9.78. The number of ether oxygens (including phenoxy) is 2. The molecule has 1 heterocycles. The lowest BCUT2D eigenvalue weighted by molar-refractivity contribution is -0.166. The van der Waals surface area contributed by atoms with Gasteiger partial charge in [0.1, 0.15) is 6.61 Å². The Balaban J connectivity index is 2.82. The van der Waals surface area contributed by atoms with Crippen molar-refractivity contribution in [2.24, 2.45) is 17.8 Å². The zero-order chi connectivity index (χ0) is 16.2. The molecule has 2 unspecified atom stereocenters. The van der Waals surface area contributed by atoms with Crippen molar-refractivity contribution in [3.63, 3.8) is 0 Å². The third-order valence-corrected chi connectivity index (χ3v) is 4.26. The predicted molar refractivity (Wildman–Crippen MR) is 80.7 cm³/mol. The minimum atomic E-state index is -0.289. The van der Waals surface area contributed by atoms with Crippen LogP contribution in [0.25, 0.3) is 0 Å². The van der Waals surface area contributed by atoms with Crippen molar-refractivity contribution in [1.82, 2.24) is 5.32 Å². The second-order valence-corrected chi connectivity index (χ2v) is 6.59. The highest BCUT2D eigenvalue weighted by Crippen LogP contribution is 2.33. The highest BCUT2D eigenvalue weighted by atomic mass is 16.6. The van der Waals surface area contributed by atoms with Crippen molar-refractivity contribution in [3.05, 3.63) is 0 Å². The van der Waals surface area contributed by atoms with Crippen LogP contribution >= 0.6 is 0 Å². The molecule has 1 N–H and O–H groups in total.